The number of hydrogen-bond donors (Lipinski definition) is 1. The van der Waals surface area contributed by atoms with E-state index in [9.17, 15) is 0 Å². The maximum absolute atomic E-state index is 5.35. The van der Waals surface area contributed by atoms with Gasteiger partial charge in [-0.3, -0.25) is 0 Å². The molecule has 0 atom stereocenters. The minimum absolute atomic E-state index is 0.516. The molecule has 0 bridgehead atoms. The summed E-state index contributed by atoms with van der Waals surface area (Å²) in [6, 6.07) is 6.18. The van der Waals surface area contributed by atoms with Gasteiger partial charge in [0.2, 0.25) is 5.95 Å². The fraction of sp³-hybridized carbons (Fsp3) is 0.400. The van der Waals surface area contributed by atoms with Gasteiger partial charge < -0.3 is 15.0 Å². The molecule has 1 aliphatic heterocycles. The van der Waals surface area contributed by atoms with Crippen LogP contribution in [0, 0.1) is 13.8 Å². The molecule has 0 aliphatic carbocycles. The molecule has 2 aromatic rings. The van der Waals surface area contributed by atoms with Crippen LogP contribution in [-0.4, -0.2) is 41.5 Å². The average molecular weight is 285 g/mol. The summed E-state index contributed by atoms with van der Waals surface area (Å²) in [5.41, 5.74) is 3.47. The Morgan fingerprint density at radius 2 is 1.95 bits per heavy atom. The molecular formula is C15H19N5O. The highest BCUT2D eigenvalue weighted by Crippen LogP contribution is 2.18. The second-order valence-corrected chi connectivity index (χ2v) is 5.16. The summed E-state index contributed by atoms with van der Waals surface area (Å²) in [6.45, 7) is 7.30. The van der Waals surface area contributed by atoms with Crippen molar-refractivity contribution in [3.8, 4) is 0 Å². The van der Waals surface area contributed by atoms with Crippen LogP contribution in [0.25, 0.3) is 0 Å². The van der Waals surface area contributed by atoms with E-state index in [4.69, 9.17) is 4.74 Å². The van der Waals surface area contributed by atoms with Crippen LogP contribution in [0.5, 0.6) is 0 Å². The highest BCUT2D eigenvalue weighted by molar-refractivity contribution is 5.56. The zero-order chi connectivity index (χ0) is 14.7. The van der Waals surface area contributed by atoms with Crippen LogP contribution in [-0.2, 0) is 4.74 Å². The normalized spacial score (nSPS) is 15.0. The molecule has 3 rings (SSSR count). The Kier molecular flexibility index (Phi) is 3.96. The molecule has 1 N–H and O–H groups in total. The molecule has 1 aliphatic rings. The SMILES string of the molecule is Cc1ccc(Nc2nncc(N3CCOCC3)n2)cc1C. The van der Waals surface area contributed by atoms with E-state index in [0.717, 1.165) is 37.8 Å². The monoisotopic (exact) mass is 285 g/mol. The Balaban J connectivity index is 1.77. The molecule has 1 fully saturated rings. The lowest BCUT2D eigenvalue weighted by Crippen LogP contribution is -2.36. The molecular weight excluding hydrogens is 266 g/mol. The topological polar surface area (TPSA) is 63.2 Å². The van der Waals surface area contributed by atoms with Gasteiger partial charge in [-0.2, -0.15) is 10.1 Å². The second-order valence-electron chi connectivity index (χ2n) is 5.16. The Morgan fingerprint density at radius 3 is 2.71 bits per heavy atom. The van der Waals surface area contributed by atoms with Gasteiger partial charge in [0.1, 0.15) is 0 Å². The van der Waals surface area contributed by atoms with Gasteiger partial charge in [-0.25, -0.2) is 0 Å². The number of anilines is 3. The van der Waals surface area contributed by atoms with Gasteiger partial charge in [-0.15, -0.1) is 5.10 Å². The maximum atomic E-state index is 5.35. The summed E-state index contributed by atoms with van der Waals surface area (Å²) in [6.07, 6.45) is 1.69. The van der Waals surface area contributed by atoms with E-state index in [2.05, 4.69) is 51.4 Å². The van der Waals surface area contributed by atoms with E-state index < -0.39 is 0 Å². The van der Waals surface area contributed by atoms with Crippen molar-refractivity contribution in [2.75, 3.05) is 36.5 Å². The van der Waals surface area contributed by atoms with Crippen LogP contribution >= 0.6 is 0 Å². The average Bonchev–Trinajstić information content (AvgIpc) is 2.52. The maximum Gasteiger partial charge on any atom is 0.249 e. The second kappa shape index (κ2) is 6.05. The number of rotatable bonds is 3. The number of hydrogen-bond acceptors (Lipinski definition) is 6. The van der Waals surface area contributed by atoms with Crippen molar-refractivity contribution in [2.24, 2.45) is 0 Å². The Bertz CT molecular complexity index is 625. The number of aromatic nitrogens is 3. The molecule has 2 heterocycles. The van der Waals surface area contributed by atoms with Crippen LogP contribution in [0.2, 0.25) is 0 Å². The Labute approximate surface area is 124 Å². The first-order chi connectivity index (χ1) is 10.2. The predicted octanol–water partition coefficient (Wildman–Crippen LogP) is 2.07. The van der Waals surface area contributed by atoms with Crippen molar-refractivity contribution in [3.05, 3.63) is 35.5 Å². The summed E-state index contributed by atoms with van der Waals surface area (Å²) in [5.74, 6) is 1.35. The number of nitrogens with one attached hydrogen (secondary N) is 1. The molecule has 1 aromatic heterocycles. The van der Waals surface area contributed by atoms with E-state index in [1.807, 2.05) is 6.07 Å². The van der Waals surface area contributed by atoms with Gasteiger partial charge in [0.05, 0.1) is 19.4 Å². The smallest absolute Gasteiger partial charge is 0.249 e. The number of ether oxygens (including phenoxy) is 1. The molecule has 6 heteroatoms. The molecule has 6 nitrogen and oxygen atoms in total. The molecule has 0 radical (unpaired) electrons. The first kappa shape index (κ1) is 13.8. The minimum Gasteiger partial charge on any atom is -0.378 e. The third-order valence-electron chi connectivity index (χ3n) is 3.64. The number of benzene rings is 1. The van der Waals surface area contributed by atoms with Gasteiger partial charge in [-0.1, -0.05) is 6.07 Å². The standard InChI is InChI=1S/C15H19N5O/c1-11-3-4-13(9-12(11)2)17-15-18-14(10-16-19-15)20-5-7-21-8-6-20/h3-4,9-10H,5-8H2,1-2H3,(H,17,18,19). The minimum atomic E-state index is 0.516. The van der Waals surface area contributed by atoms with Crippen LogP contribution in [0.4, 0.5) is 17.5 Å². The first-order valence-electron chi connectivity index (χ1n) is 7.09. The van der Waals surface area contributed by atoms with Gasteiger partial charge in [-0.05, 0) is 37.1 Å². The van der Waals surface area contributed by atoms with Gasteiger partial charge >= 0.3 is 0 Å². The lowest BCUT2D eigenvalue weighted by Gasteiger charge is -2.27. The van der Waals surface area contributed by atoms with E-state index in [0.29, 0.717) is 5.95 Å². The molecule has 0 unspecified atom stereocenters. The van der Waals surface area contributed by atoms with Crippen molar-refractivity contribution in [1.29, 1.82) is 0 Å². The molecule has 110 valence electrons. The molecule has 0 amide bonds. The summed E-state index contributed by atoms with van der Waals surface area (Å²) < 4.78 is 5.35. The Hall–Kier alpha value is -2.21. The van der Waals surface area contributed by atoms with Gasteiger partial charge in [0.15, 0.2) is 5.82 Å². The van der Waals surface area contributed by atoms with Crippen molar-refractivity contribution in [2.45, 2.75) is 13.8 Å². The lowest BCUT2D eigenvalue weighted by atomic mass is 10.1. The zero-order valence-corrected chi connectivity index (χ0v) is 12.3. The van der Waals surface area contributed by atoms with Crippen LogP contribution in [0.3, 0.4) is 0 Å². The highest BCUT2D eigenvalue weighted by Gasteiger charge is 2.13. The zero-order valence-electron chi connectivity index (χ0n) is 12.3. The van der Waals surface area contributed by atoms with E-state index >= 15 is 0 Å². The molecule has 1 saturated heterocycles. The van der Waals surface area contributed by atoms with Crippen molar-refractivity contribution in [3.63, 3.8) is 0 Å². The fourth-order valence-electron chi connectivity index (χ4n) is 2.24. The first-order valence-corrected chi connectivity index (χ1v) is 7.09. The summed E-state index contributed by atoms with van der Waals surface area (Å²) >= 11 is 0. The number of morpholine rings is 1. The number of aryl methyl sites for hydroxylation is 2. The summed E-state index contributed by atoms with van der Waals surface area (Å²) in [4.78, 5) is 6.69. The Morgan fingerprint density at radius 1 is 1.14 bits per heavy atom. The lowest BCUT2D eigenvalue weighted by molar-refractivity contribution is 0.122. The quantitative estimate of drug-likeness (QED) is 0.931. The summed E-state index contributed by atoms with van der Waals surface area (Å²) in [5, 5.41) is 11.3. The molecule has 0 saturated carbocycles. The van der Waals surface area contributed by atoms with E-state index in [1.54, 1.807) is 6.20 Å². The van der Waals surface area contributed by atoms with Crippen molar-refractivity contribution >= 4 is 17.5 Å². The number of nitrogens with zero attached hydrogens (tertiary/aromatic N) is 4. The van der Waals surface area contributed by atoms with Crippen molar-refractivity contribution in [1.82, 2.24) is 15.2 Å². The van der Waals surface area contributed by atoms with E-state index in [1.165, 1.54) is 11.1 Å². The third-order valence-corrected chi connectivity index (χ3v) is 3.64. The third kappa shape index (κ3) is 3.28. The summed E-state index contributed by atoms with van der Waals surface area (Å²) in [7, 11) is 0. The fourth-order valence-corrected chi connectivity index (χ4v) is 2.24. The van der Waals surface area contributed by atoms with Crippen LogP contribution < -0.4 is 10.2 Å². The van der Waals surface area contributed by atoms with E-state index in [-0.39, 0.29) is 0 Å². The molecule has 0 spiro atoms. The van der Waals surface area contributed by atoms with Gasteiger partial charge in [0, 0.05) is 18.8 Å². The molecule has 1 aromatic carbocycles. The molecule has 21 heavy (non-hydrogen) atoms. The van der Waals surface area contributed by atoms with Crippen LogP contribution in [0.1, 0.15) is 11.1 Å². The van der Waals surface area contributed by atoms with Crippen LogP contribution in [0.15, 0.2) is 24.4 Å². The highest BCUT2D eigenvalue weighted by atomic mass is 16.5. The predicted molar refractivity (Wildman–Crippen MR) is 82.1 cm³/mol. The van der Waals surface area contributed by atoms with Crippen molar-refractivity contribution < 1.29 is 4.74 Å². The largest absolute Gasteiger partial charge is 0.378 e. The van der Waals surface area contributed by atoms with Gasteiger partial charge in [0.25, 0.3) is 0 Å².